The number of carbonyl (C=O) groups is 1. The molecule has 1 aromatic carbocycles. The molecular weight excluding hydrogens is 468 g/mol. The quantitative estimate of drug-likeness (QED) is 0.227. The summed E-state index contributed by atoms with van der Waals surface area (Å²) in [4.78, 5) is 17.0. The van der Waals surface area contributed by atoms with Crippen LogP contribution in [0.3, 0.4) is 0 Å². The predicted molar refractivity (Wildman–Crippen MR) is 138 cm³/mol. The van der Waals surface area contributed by atoms with Crippen LogP contribution in [0.2, 0.25) is 23.3 Å². The Hall–Kier alpha value is -2.53. The van der Waals surface area contributed by atoms with Crippen molar-refractivity contribution in [2.75, 3.05) is 7.11 Å². The van der Waals surface area contributed by atoms with Gasteiger partial charge in [0.2, 0.25) is 0 Å². The van der Waals surface area contributed by atoms with Crippen LogP contribution in [0.4, 0.5) is 4.79 Å². The fourth-order valence-electron chi connectivity index (χ4n) is 3.03. The average molecular weight is 503 g/mol. The van der Waals surface area contributed by atoms with Crippen molar-refractivity contribution in [2.45, 2.75) is 70.5 Å². The van der Waals surface area contributed by atoms with Gasteiger partial charge in [-0.3, -0.25) is 0 Å². The van der Waals surface area contributed by atoms with Gasteiger partial charge in [-0.05, 0) is 48.3 Å². The third-order valence-electron chi connectivity index (χ3n) is 6.10. The first-order chi connectivity index (χ1) is 16.0. The lowest BCUT2D eigenvalue weighted by molar-refractivity contribution is 0.104. The molecular formula is C26H35ClN2O4Si. The fourth-order valence-corrected chi connectivity index (χ4v) is 4.43. The number of nitrogens with one attached hydrogen (secondary N) is 1. The fraction of sp³-hybridized carbons (Fsp3) is 0.462. The van der Waals surface area contributed by atoms with Crippen LogP contribution in [-0.2, 0) is 15.8 Å². The first-order valence-corrected chi connectivity index (χ1v) is 14.5. The number of rotatable bonds is 10. The van der Waals surface area contributed by atoms with E-state index in [0.717, 1.165) is 16.9 Å². The van der Waals surface area contributed by atoms with Crippen molar-refractivity contribution >= 4 is 26.0 Å². The summed E-state index contributed by atoms with van der Waals surface area (Å²) in [5.74, 6) is 3.40. The third-order valence-corrected chi connectivity index (χ3v) is 10.8. The maximum Gasteiger partial charge on any atom is 0.407 e. The second-order valence-electron chi connectivity index (χ2n) is 9.63. The summed E-state index contributed by atoms with van der Waals surface area (Å²) in [6, 6.07) is 10.5. The van der Waals surface area contributed by atoms with E-state index in [-0.39, 0.29) is 11.6 Å². The van der Waals surface area contributed by atoms with Crippen molar-refractivity contribution in [1.29, 1.82) is 0 Å². The van der Waals surface area contributed by atoms with Crippen LogP contribution in [0.5, 0.6) is 5.75 Å². The molecule has 8 heteroatoms. The number of alkyl carbamates (subject to hydrolysis) is 1. The van der Waals surface area contributed by atoms with Crippen LogP contribution >= 0.6 is 11.6 Å². The van der Waals surface area contributed by atoms with Crippen LogP contribution < -0.4 is 10.1 Å². The number of aromatic nitrogens is 1. The predicted octanol–water partition coefficient (Wildman–Crippen LogP) is 6.51. The topological polar surface area (TPSA) is 69.7 Å². The zero-order valence-electron chi connectivity index (χ0n) is 20.9. The number of carbonyl (C=O) groups excluding carboxylic acids is 1. The maximum atomic E-state index is 12.8. The van der Waals surface area contributed by atoms with Gasteiger partial charge in [0.1, 0.15) is 17.5 Å². The van der Waals surface area contributed by atoms with E-state index >= 15 is 0 Å². The molecule has 1 aromatic heterocycles. The van der Waals surface area contributed by atoms with E-state index in [2.05, 4.69) is 50.1 Å². The van der Waals surface area contributed by atoms with E-state index in [0.29, 0.717) is 18.0 Å². The van der Waals surface area contributed by atoms with Gasteiger partial charge in [0.15, 0.2) is 8.32 Å². The molecule has 2 atom stereocenters. The molecule has 0 aliphatic rings. The van der Waals surface area contributed by atoms with E-state index in [1.165, 1.54) is 0 Å². The Kier molecular flexibility index (Phi) is 9.99. The number of nitrogens with zero attached hydrogens (tertiary/aromatic N) is 1. The first kappa shape index (κ1) is 27.7. The highest BCUT2D eigenvalue weighted by Crippen LogP contribution is 2.41. The Morgan fingerprint density at radius 2 is 1.88 bits per heavy atom. The second-order valence-corrected chi connectivity index (χ2v) is 14.8. The molecule has 1 heterocycles. The molecule has 184 valence electrons. The van der Waals surface area contributed by atoms with Crippen molar-refractivity contribution in [2.24, 2.45) is 0 Å². The normalized spacial score (nSPS) is 13.5. The molecule has 6 nitrogen and oxygen atoms in total. The number of pyridine rings is 1. The molecule has 0 radical (unpaired) electrons. The van der Waals surface area contributed by atoms with Crippen molar-refractivity contribution in [3.05, 3.63) is 58.9 Å². The third kappa shape index (κ3) is 8.05. The standard InChI is InChI=1S/C26H35ClN2O4Si/c1-8-9-10-22(29-25(30)32-18-19-11-14-21(31-5)15-12-19)24(20-13-16-23(27)28-17-20)33-34(6,7)26(2,3)4/h1,11-17,22,24H,9-10,18H2,2-7H3,(H,29,30). The van der Waals surface area contributed by atoms with Crippen LogP contribution in [0.15, 0.2) is 42.6 Å². The number of terminal acetylenes is 1. The average Bonchev–Trinajstić information content (AvgIpc) is 2.79. The molecule has 0 spiro atoms. The zero-order chi connectivity index (χ0) is 25.4. The van der Waals surface area contributed by atoms with Gasteiger partial charge in [-0.2, -0.15) is 0 Å². The summed E-state index contributed by atoms with van der Waals surface area (Å²) in [6.45, 7) is 11.0. The van der Waals surface area contributed by atoms with Crippen LogP contribution in [0, 0.1) is 12.3 Å². The summed E-state index contributed by atoms with van der Waals surface area (Å²) in [7, 11) is -0.609. The first-order valence-electron chi connectivity index (χ1n) is 11.3. The molecule has 0 saturated heterocycles. The number of hydrogen-bond donors (Lipinski definition) is 1. The second kappa shape index (κ2) is 12.3. The minimum atomic E-state index is -2.21. The molecule has 0 aliphatic heterocycles. The maximum absolute atomic E-state index is 12.8. The lowest BCUT2D eigenvalue weighted by Gasteiger charge is -2.41. The van der Waals surface area contributed by atoms with E-state index in [4.69, 9.17) is 31.9 Å². The minimum Gasteiger partial charge on any atom is -0.497 e. The molecule has 0 bridgehead atoms. The van der Waals surface area contributed by atoms with Gasteiger partial charge >= 0.3 is 6.09 Å². The Morgan fingerprint density at radius 1 is 1.21 bits per heavy atom. The van der Waals surface area contributed by atoms with E-state index < -0.39 is 26.6 Å². The highest BCUT2D eigenvalue weighted by molar-refractivity contribution is 6.74. The molecule has 0 aliphatic carbocycles. The molecule has 0 saturated carbocycles. The van der Waals surface area contributed by atoms with E-state index in [1.54, 1.807) is 19.4 Å². The minimum absolute atomic E-state index is 0.0311. The number of methoxy groups -OCH3 is 1. The molecule has 2 rings (SSSR count). The van der Waals surface area contributed by atoms with Crippen molar-refractivity contribution in [1.82, 2.24) is 10.3 Å². The summed E-state index contributed by atoms with van der Waals surface area (Å²) >= 11 is 6.02. The Labute approximate surface area is 209 Å². The smallest absolute Gasteiger partial charge is 0.407 e. The summed E-state index contributed by atoms with van der Waals surface area (Å²) in [5.41, 5.74) is 1.68. The monoisotopic (exact) mass is 502 g/mol. The molecule has 2 unspecified atom stereocenters. The molecule has 1 N–H and O–H groups in total. The van der Waals surface area contributed by atoms with Gasteiger partial charge in [-0.15, -0.1) is 12.3 Å². The molecule has 1 amide bonds. The number of hydrogen-bond acceptors (Lipinski definition) is 5. The number of amides is 1. The van der Waals surface area contributed by atoms with Crippen LogP contribution in [-0.4, -0.2) is 32.5 Å². The van der Waals surface area contributed by atoms with Crippen molar-refractivity contribution in [3.63, 3.8) is 0 Å². The Balaban J connectivity index is 2.24. The largest absolute Gasteiger partial charge is 0.497 e. The van der Waals surface area contributed by atoms with Gasteiger partial charge in [0, 0.05) is 18.2 Å². The lowest BCUT2D eigenvalue weighted by atomic mass is 10.00. The molecule has 0 fully saturated rings. The van der Waals surface area contributed by atoms with E-state index in [9.17, 15) is 4.79 Å². The summed E-state index contributed by atoms with van der Waals surface area (Å²) in [5, 5.41) is 3.35. The Bertz CT molecular complexity index is 966. The van der Waals surface area contributed by atoms with Gasteiger partial charge in [-0.25, -0.2) is 9.78 Å². The number of benzene rings is 1. The molecule has 2 aromatic rings. The number of ether oxygens (including phenoxy) is 2. The van der Waals surface area contributed by atoms with Gasteiger partial charge in [0.25, 0.3) is 0 Å². The molecule has 34 heavy (non-hydrogen) atoms. The van der Waals surface area contributed by atoms with Gasteiger partial charge in [-0.1, -0.05) is 50.6 Å². The zero-order valence-corrected chi connectivity index (χ0v) is 22.6. The van der Waals surface area contributed by atoms with Crippen LogP contribution in [0.25, 0.3) is 0 Å². The Morgan fingerprint density at radius 3 is 2.41 bits per heavy atom. The number of halogens is 1. The highest BCUT2D eigenvalue weighted by Gasteiger charge is 2.41. The van der Waals surface area contributed by atoms with Gasteiger partial charge < -0.3 is 19.2 Å². The van der Waals surface area contributed by atoms with Crippen LogP contribution in [0.1, 0.15) is 50.8 Å². The highest BCUT2D eigenvalue weighted by atomic mass is 35.5. The van der Waals surface area contributed by atoms with Crippen molar-refractivity contribution in [3.8, 4) is 18.1 Å². The van der Waals surface area contributed by atoms with Gasteiger partial charge in [0.05, 0.1) is 19.3 Å². The van der Waals surface area contributed by atoms with Crippen molar-refractivity contribution < 1.29 is 18.7 Å². The van der Waals surface area contributed by atoms with E-state index in [1.807, 2.05) is 30.3 Å². The summed E-state index contributed by atoms with van der Waals surface area (Å²) < 4.78 is 17.4. The lowest BCUT2D eigenvalue weighted by Crippen LogP contribution is -2.48. The summed E-state index contributed by atoms with van der Waals surface area (Å²) in [6.07, 6.45) is 7.25. The SMILES string of the molecule is C#CCCC(NC(=O)OCc1ccc(OC)cc1)C(O[Si](C)(C)C(C)(C)C)c1ccc(Cl)nc1.